The molecular formula is C22H19FN4O5S. The van der Waals surface area contributed by atoms with Crippen LogP contribution < -0.4 is 5.43 Å². The molecule has 0 atom stereocenters. The van der Waals surface area contributed by atoms with Crippen molar-refractivity contribution in [3.05, 3.63) is 106 Å². The fraction of sp³-hybridized carbons (Fsp3) is 0.0909. The fourth-order valence-electron chi connectivity index (χ4n) is 2.89. The summed E-state index contributed by atoms with van der Waals surface area (Å²) in [5.74, 6) is -1.23. The molecule has 0 fully saturated rings. The molecule has 0 heterocycles. The number of hydrazone groups is 1. The number of hydrogen-bond acceptors (Lipinski definition) is 6. The number of hydrogen-bond donors (Lipinski definition) is 1. The Balaban J connectivity index is 1.79. The Labute approximate surface area is 189 Å². The van der Waals surface area contributed by atoms with Gasteiger partial charge >= 0.3 is 0 Å². The molecule has 1 amide bonds. The van der Waals surface area contributed by atoms with Crippen molar-refractivity contribution >= 4 is 27.8 Å². The summed E-state index contributed by atoms with van der Waals surface area (Å²) < 4.78 is 40.4. The number of sulfonamides is 1. The molecule has 0 spiro atoms. The first kappa shape index (κ1) is 23.7. The zero-order valence-corrected chi connectivity index (χ0v) is 18.0. The number of carbonyl (C=O) groups excluding carboxylic acids is 1. The Kier molecular flexibility index (Phi) is 7.59. The van der Waals surface area contributed by atoms with E-state index in [2.05, 4.69) is 10.5 Å². The van der Waals surface area contributed by atoms with Crippen LogP contribution >= 0.6 is 0 Å². The van der Waals surface area contributed by atoms with Gasteiger partial charge in [-0.25, -0.2) is 18.2 Å². The Bertz CT molecular complexity index is 1270. The Morgan fingerprint density at radius 1 is 1.03 bits per heavy atom. The van der Waals surface area contributed by atoms with Crippen LogP contribution in [0, 0.1) is 15.9 Å². The smallest absolute Gasteiger partial charge is 0.272 e. The predicted molar refractivity (Wildman–Crippen MR) is 119 cm³/mol. The number of rotatable bonds is 9. The van der Waals surface area contributed by atoms with Crippen LogP contribution in [0.25, 0.3) is 0 Å². The van der Waals surface area contributed by atoms with E-state index in [0.717, 1.165) is 10.5 Å². The third-order valence-corrected chi connectivity index (χ3v) is 6.31. The van der Waals surface area contributed by atoms with E-state index in [1.165, 1.54) is 54.6 Å². The fourth-order valence-corrected chi connectivity index (χ4v) is 4.30. The van der Waals surface area contributed by atoms with E-state index in [4.69, 9.17) is 0 Å². The van der Waals surface area contributed by atoms with Crippen LogP contribution in [-0.2, 0) is 21.4 Å². The van der Waals surface area contributed by atoms with Gasteiger partial charge in [-0.3, -0.25) is 14.9 Å². The zero-order chi connectivity index (χ0) is 23.8. The van der Waals surface area contributed by atoms with Crippen LogP contribution in [0.3, 0.4) is 0 Å². The summed E-state index contributed by atoms with van der Waals surface area (Å²) >= 11 is 0. The molecule has 0 aromatic heterocycles. The number of amides is 1. The van der Waals surface area contributed by atoms with Gasteiger partial charge in [0.2, 0.25) is 10.0 Å². The largest absolute Gasteiger partial charge is 0.278 e. The Morgan fingerprint density at radius 3 is 2.33 bits per heavy atom. The van der Waals surface area contributed by atoms with E-state index < -0.39 is 33.2 Å². The third-order valence-electron chi connectivity index (χ3n) is 4.50. The molecule has 1 N–H and O–H groups in total. The summed E-state index contributed by atoms with van der Waals surface area (Å²) in [5.41, 5.74) is 2.64. The second kappa shape index (κ2) is 10.6. The van der Waals surface area contributed by atoms with Crippen LogP contribution in [0.15, 0.2) is 88.9 Å². The SMILES string of the molecule is O=C(CN(Cc1ccc(F)cc1)S(=O)(=O)c1ccccc1)N/N=C\c1ccccc1[N+](=O)[O-]. The third kappa shape index (κ3) is 6.28. The number of nitro groups is 1. The molecule has 3 rings (SSSR count). The average Bonchev–Trinajstić information content (AvgIpc) is 2.81. The minimum atomic E-state index is -4.06. The van der Waals surface area contributed by atoms with Crippen LogP contribution in [-0.4, -0.2) is 36.3 Å². The van der Waals surface area contributed by atoms with E-state index in [-0.39, 0.29) is 22.7 Å². The molecular weight excluding hydrogens is 451 g/mol. The van der Waals surface area contributed by atoms with Crippen molar-refractivity contribution in [3.63, 3.8) is 0 Å². The highest BCUT2D eigenvalue weighted by Gasteiger charge is 2.26. The second-order valence-corrected chi connectivity index (χ2v) is 8.76. The van der Waals surface area contributed by atoms with Gasteiger partial charge in [0.25, 0.3) is 11.6 Å². The lowest BCUT2D eigenvalue weighted by molar-refractivity contribution is -0.385. The minimum Gasteiger partial charge on any atom is -0.272 e. The van der Waals surface area contributed by atoms with Gasteiger partial charge in [-0.05, 0) is 35.9 Å². The number of benzene rings is 3. The van der Waals surface area contributed by atoms with E-state index in [9.17, 15) is 27.7 Å². The van der Waals surface area contributed by atoms with E-state index in [0.29, 0.717) is 5.56 Å². The molecule has 33 heavy (non-hydrogen) atoms. The van der Waals surface area contributed by atoms with Crippen LogP contribution in [0.5, 0.6) is 0 Å². The molecule has 3 aromatic rings. The first-order valence-electron chi connectivity index (χ1n) is 9.62. The van der Waals surface area contributed by atoms with Crippen molar-refractivity contribution in [1.29, 1.82) is 0 Å². The van der Waals surface area contributed by atoms with Gasteiger partial charge in [0.05, 0.1) is 28.1 Å². The van der Waals surface area contributed by atoms with Crippen LogP contribution in [0.1, 0.15) is 11.1 Å². The highest BCUT2D eigenvalue weighted by molar-refractivity contribution is 7.89. The number of nitrogens with zero attached hydrogens (tertiary/aromatic N) is 3. The summed E-state index contributed by atoms with van der Waals surface area (Å²) in [6, 6.07) is 18.6. The molecule has 9 nitrogen and oxygen atoms in total. The molecule has 0 bridgehead atoms. The maximum Gasteiger partial charge on any atom is 0.278 e. The van der Waals surface area contributed by atoms with E-state index in [1.54, 1.807) is 24.3 Å². The van der Waals surface area contributed by atoms with Gasteiger partial charge in [-0.15, -0.1) is 0 Å². The first-order chi connectivity index (χ1) is 15.8. The molecule has 0 saturated carbocycles. The molecule has 0 unspecified atom stereocenters. The average molecular weight is 470 g/mol. The number of nitrogens with one attached hydrogen (secondary N) is 1. The first-order valence-corrected chi connectivity index (χ1v) is 11.1. The topological polar surface area (TPSA) is 122 Å². The molecule has 0 aliphatic heterocycles. The summed E-state index contributed by atoms with van der Waals surface area (Å²) in [7, 11) is -4.06. The highest BCUT2D eigenvalue weighted by atomic mass is 32.2. The summed E-state index contributed by atoms with van der Waals surface area (Å²) in [6.07, 6.45) is 1.10. The standard InChI is InChI=1S/C22H19FN4O5S/c23-19-12-10-17(11-13-19)15-26(33(31,32)20-7-2-1-3-8-20)16-22(28)25-24-14-18-6-4-5-9-21(18)27(29)30/h1-14H,15-16H2,(H,25,28)/b24-14-. The molecule has 0 radical (unpaired) electrons. The number of para-hydroxylation sites is 1. The lowest BCUT2D eigenvalue weighted by Crippen LogP contribution is -2.39. The second-order valence-electron chi connectivity index (χ2n) is 6.82. The van der Waals surface area contributed by atoms with Gasteiger partial charge < -0.3 is 0 Å². The maximum absolute atomic E-state index is 13.2. The maximum atomic E-state index is 13.2. The lowest BCUT2D eigenvalue weighted by atomic mass is 10.2. The van der Waals surface area contributed by atoms with Crippen molar-refractivity contribution in [2.24, 2.45) is 5.10 Å². The molecule has 0 aliphatic rings. The van der Waals surface area contributed by atoms with Crippen molar-refractivity contribution < 1.29 is 22.5 Å². The van der Waals surface area contributed by atoms with Gasteiger partial charge in [-0.1, -0.05) is 42.5 Å². The van der Waals surface area contributed by atoms with Gasteiger partial charge in [0, 0.05) is 12.6 Å². The predicted octanol–water partition coefficient (Wildman–Crippen LogP) is 3.08. The van der Waals surface area contributed by atoms with Gasteiger partial charge in [0.15, 0.2) is 0 Å². The van der Waals surface area contributed by atoms with E-state index in [1.807, 2.05) is 0 Å². The van der Waals surface area contributed by atoms with Crippen molar-refractivity contribution in [2.45, 2.75) is 11.4 Å². The van der Waals surface area contributed by atoms with Crippen LogP contribution in [0.4, 0.5) is 10.1 Å². The number of nitro benzene ring substituents is 1. The Hall–Kier alpha value is -3.96. The van der Waals surface area contributed by atoms with E-state index >= 15 is 0 Å². The monoisotopic (exact) mass is 470 g/mol. The summed E-state index contributed by atoms with van der Waals surface area (Å²) in [6.45, 7) is -0.762. The normalized spacial score (nSPS) is 11.6. The molecule has 0 aliphatic carbocycles. The van der Waals surface area contributed by atoms with Crippen LogP contribution in [0.2, 0.25) is 0 Å². The van der Waals surface area contributed by atoms with Crippen molar-refractivity contribution in [1.82, 2.24) is 9.73 Å². The minimum absolute atomic E-state index is 0.0108. The highest BCUT2D eigenvalue weighted by Crippen LogP contribution is 2.18. The zero-order valence-electron chi connectivity index (χ0n) is 17.2. The van der Waals surface area contributed by atoms with Crippen molar-refractivity contribution in [2.75, 3.05) is 6.54 Å². The lowest BCUT2D eigenvalue weighted by Gasteiger charge is -2.21. The number of carbonyl (C=O) groups is 1. The van der Waals surface area contributed by atoms with Crippen molar-refractivity contribution in [3.8, 4) is 0 Å². The molecule has 11 heteroatoms. The molecule has 3 aromatic carbocycles. The van der Waals surface area contributed by atoms with Gasteiger partial charge in [-0.2, -0.15) is 9.41 Å². The molecule has 0 saturated heterocycles. The summed E-state index contributed by atoms with van der Waals surface area (Å²) in [4.78, 5) is 22.9. The summed E-state index contributed by atoms with van der Waals surface area (Å²) in [5, 5.41) is 14.8. The number of halogens is 1. The Morgan fingerprint density at radius 2 is 1.67 bits per heavy atom. The quantitative estimate of drug-likeness (QED) is 0.293. The van der Waals surface area contributed by atoms with Gasteiger partial charge in [0.1, 0.15) is 5.82 Å². The molecule has 170 valence electrons.